The van der Waals surface area contributed by atoms with Crippen LogP contribution < -0.4 is 11.1 Å². The van der Waals surface area contributed by atoms with Crippen molar-refractivity contribution in [1.82, 2.24) is 5.32 Å². The Hall–Kier alpha value is 0.0600. The fourth-order valence-corrected chi connectivity index (χ4v) is 4.46. The number of thiophene rings is 1. The minimum atomic E-state index is 0.201. The molecule has 5 heteroatoms. The van der Waals surface area contributed by atoms with E-state index in [1.165, 1.54) is 22.6 Å². The van der Waals surface area contributed by atoms with E-state index in [0.717, 1.165) is 17.3 Å². The molecule has 4 N–H and O–H groups in total. The summed E-state index contributed by atoms with van der Waals surface area (Å²) in [4.78, 5) is 2.58. The van der Waals surface area contributed by atoms with Gasteiger partial charge in [0.1, 0.15) is 0 Å². The highest BCUT2D eigenvalue weighted by Crippen LogP contribution is 2.32. The van der Waals surface area contributed by atoms with Crippen LogP contribution in [0.3, 0.4) is 0 Å². The third kappa shape index (κ3) is 3.79. The van der Waals surface area contributed by atoms with E-state index in [9.17, 15) is 5.11 Å². The molecule has 2 rings (SSSR count). The van der Waals surface area contributed by atoms with Crippen LogP contribution >= 0.6 is 27.3 Å². The molecule has 0 aromatic carbocycles. The van der Waals surface area contributed by atoms with E-state index >= 15 is 0 Å². The summed E-state index contributed by atoms with van der Waals surface area (Å²) >= 11 is 5.36. The number of aliphatic hydroxyl groups is 1. The van der Waals surface area contributed by atoms with Gasteiger partial charge in [0.2, 0.25) is 0 Å². The smallest absolute Gasteiger partial charge is 0.0542 e. The largest absolute Gasteiger partial charge is 0.396 e. The minimum Gasteiger partial charge on any atom is -0.396 e. The molecular formula is C14H23BrN2OS. The molecule has 0 radical (unpaired) electrons. The van der Waals surface area contributed by atoms with E-state index in [-0.39, 0.29) is 12.6 Å². The van der Waals surface area contributed by atoms with Gasteiger partial charge >= 0.3 is 0 Å². The number of aliphatic hydroxyl groups excluding tert-OH is 1. The maximum Gasteiger partial charge on any atom is 0.0542 e. The predicted molar refractivity (Wildman–Crippen MR) is 84.5 cm³/mol. The van der Waals surface area contributed by atoms with Crippen molar-refractivity contribution in [3.8, 4) is 0 Å². The molecule has 0 bridgehead atoms. The lowest BCUT2D eigenvalue weighted by atomic mass is 9.84. The lowest BCUT2D eigenvalue weighted by molar-refractivity contribution is 0.146. The Morgan fingerprint density at radius 2 is 2.26 bits per heavy atom. The first-order valence-corrected chi connectivity index (χ1v) is 8.59. The Balaban J connectivity index is 2.05. The first-order chi connectivity index (χ1) is 9.15. The lowest BCUT2D eigenvalue weighted by Crippen LogP contribution is -2.43. The molecule has 1 heterocycles. The molecule has 3 unspecified atom stereocenters. The van der Waals surface area contributed by atoms with Crippen molar-refractivity contribution >= 4 is 27.3 Å². The number of halogens is 1. The van der Waals surface area contributed by atoms with Crippen LogP contribution in [-0.2, 0) is 0 Å². The van der Waals surface area contributed by atoms with Crippen molar-refractivity contribution in [2.24, 2.45) is 11.7 Å². The second kappa shape index (κ2) is 7.18. The molecule has 0 aliphatic heterocycles. The van der Waals surface area contributed by atoms with Gasteiger partial charge in [-0.2, -0.15) is 0 Å². The maximum absolute atomic E-state index is 9.49. The zero-order valence-electron chi connectivity index (χ0n) is 11.4. The highest BCUT2D eigenvalue weighted by Gasteiger charge is 2.27. The standard InChI is InChI=1S/C14H23BrN2OS/c1-9-11(15)6-14(19-9)13(7-16)17-12-5-3-2-4-10(12)8-18/h6,10,12-13,17-18H,2-5,7-8,16H2,1H3. The average molecular weight is 347 g/mol. The fourth-order valence-electron chi connectivity index (χ4n) is 2.82. The number of hydrogen-bond donors (Lipinski definition) is 3. The van der Waals surface area contributed by atoms with Gasteiger partial charge in [-0.05, 0) is 47.7 Å². The van der Waals surface area contributed by atoms with Crippen LogP contribution in [-0.4, -0.2) is 24.3 Å². The van der Waals surface area contributed by atoms with Gasteiger partial charge in [-0.1, -0.05) is 12.8 Å². The number of aryl methyl sites for hydroxylation is 1. The van der Waals surface area contributed by atoms with Gasteiger partial charge in [0, 0.05) is 33.4 Å². The summed E-state index contributed by atoms with van der Waals surface area (Å²) in [7, 11) is 0. The molecule has 1 aromatic heterocycles. The molecule has 0 spiro atoms. The molecule has 0 saturated heterocycles. The molecule has 1 aliphatic rings. The Morgan fingerprint density at radius 1 is 1.53 bits per heavy atom. The van der Waals surface area contributed by atoms with Gasteiger partial charge < -0.3 is 16.2 Å². The molecular weight excluding hydrogens is 324 g/mol. The van der Waals surface area contributed by atoms with E-state index in [2.05, 4.69) is 34.2 Å². The average Bonchev–Trinajstić information content (AvgIpc) is 2.76. The highest BCUT2D eigenvalue weighted by molar-refractivity contribution is 9.10. The van der Waals surface area contributed by atoms with Crippen molar-refractivity contribution in [3.05, 3.63) is 20.3 Å². The van der Waals surface area contributed by atoms with Gasteiger partial charge in [-0.25, -0.2) is 0 Å². The van der Waals surface area contributed by atoms with E-state index < -0.39 is 0 Å². The lowest BCUT2D eigenvalue weighted by Gasteiger charge is -2.33. The maximum atomic E-state index is 9.49. The topological polar surface area (TPSA) is 58.3 Å². The van der Waals surface area contributed by atoms with Crippen molar-refractivity contribution < 1.29 is 5.11 Å². The number of rotatable bonds is 5. The van der Waals surface area contributed by atoms with Crippen LogP contribution in [0.15, 0.2) is 10.5 Å². The van der Waals surface area contributed by atoms with Crippen LogP contribution in [0.5, 0.6) is 0 Å². The zero-order chi connectivity index (χ0) is 13.8. The summed E-state index contributed by atoms with van der Waals surface area (Å²) in [6.45, 7) is 2.99. The van der Waals surface area contributed by atoms with Crippen molar-refractivity contribution in [2.75, 3.05) is 13.2 Å². The molecule has 1 saturated carbocycles. The van der Waals surface area contributed by atoms with Crippen LogP contribution in [0, 0.1) is 12.8 Å². The second-order valence-corrected chi connectivity index (χ2v) is 7.48. The number of hydrogen-bond acceptors (Lipinski definition) is 4. The Labute approximate surface area is 127 Å². The van der Waals surface area contributed by atoms with E-state index in [0.29, 0.717) is 18.5 Å². The van der Waals surface area contributed by atoms with Gasteiger partial charge in [0.05, 0.1) is 6.04 Å². The third-order valence-corrected chi connectivity index (χ3v) is 6.26. The van der Waals surface area contributed by atoms with E-state index in [4.69, 9.17) is 5.73 Å². The van der Waals surface area contributed by atoms with Gasteiger partial charge in [0.15, 0.2) is 0 Å². The Bertz CT molecular complexity index is 391. The Kier molecular flexibility index (Phi) is 5.84. The molecule has 3 nitrogen and oxygen atoms in total. The van der Waals surface area contributed by atoms with E-state index in [1.54, 1.807) is 11.3 Å². The quantitative estimate of drug-likeness (QED) is 0.768. The van der Waals surface area contributed by atoms with Crippen LogP contribution in [0.1, 0.15) is 41.5 Å². The molecule has 0 amide bonds. The van der Waals surface area contributed by atoms with Crippen molar-refractivity contribution in [2.45, 2.75) is 44.7 Å². The second-order valence-electron chi connectivity index (χ2n) is 5.34. The monoisotopic (exact) mass is 346 g/mol. The summed E-state index contributed by atoms with van der Waals surface area (Å²) in [5.41, 5.74) is 5.93. The fraction of sp³-hybridized carbons (Fsp3) is 0.714. The van der Waals surface area contributed by atoms with Crippen molar-refractivity contribution in [3.63, 3.8) is 0 Å². The molecule has 1 fully saturated rings. The van der Waals surface area contributed by atoms with Gasteiger partial charge in [-0.15, -0.1) is 11.3 Å². The summed E-state index contributed by atoms with van der Waals surface area (Å²) in [6, 6.07) is 2.77. The van der Waals surface area contributed by atoms with Gasteiger partial charge in [0.25, 0.3) is 0 Å². The van der Waals surface area contributed by atoms with Gasteiger partial charge in [-0.3, -0.25) is 0 Å². The minimum absolute atomic E-state index is 0.201. The van der Waals surface area contributed by atoms with Crippen LogP contribution in [0.25, 0.3) is 0 Å². The molecule has 1 aliphatic carbocycles. The SMILES string of the molecule is Cc1sc(C(CN)NC2CCCCC2CO)cc1Br. The predicted octanol–water partition coefficient (Wildman–Crippen LogP) is 2.96. The van der Waals surface area contributed by atoms with Crippen LogP contribution in [0.2, 0.25) is 0 Å². The summed E-state index contributed by atoms with van der Waals surface area (Å²) < 4.78 is 1.16. The molecule has 19 heavy (non-hydrogen) atoms. The van der Waals surface area contributed by atoms with E-state index in [1.807, 2.05) is 0 Å². The Morgan fingerprint density at radius 3 is 2.84 bits per heavy atom. The summed E-state index contributed by atoms with van der Waals surface area (Å²) in [6.07, 6.45) is 4.75. The normalized spacial score (nSPS) is 25.5. The zero-order valence-corrected chi connectivity index (χ0v) is 13.8. The summed E-state index contributed by atoms with van der Waals surface area (Å²) in [5, 5.41) is 13.2. The molecule has 108 valence electrons. The number of nitrogens with one attached hydrogen (secondary N) is 1. The highest BCUT2D eigenvalue weighted by atomic mass is 79.9. The molecule has 3 atom stereocenters. The number of nitrogens with two attached hydrogens (primary N) is 1. The van der Waals surface area contributed by atoms with Crippen molar-refractivity contribution in [1.29, 1.82) is 0 Å². The third-order valence-electron chi connectivity index (χ3n) is 4.01. The van der Waals surface area contributed by atoms with Crippen LogP contribution in [0.4, 0.5) is 0 Å². The first-order valence-electron chi connectivity index (χ1n) is 6.98. The summed E-state index contributed by atoms with van der Waals surface area (Å²) in [5.74, 6) is 0.382. The first kappa shape index (κ1) is 15.4. The molecule has 1 aromatic rings.